The normalized spacial score (nSPS) is 26.4. The van der Waals surface area contributed by atoms with E-state index in [0.29, 0.717) is 13.0 Å². The van der Waals surface area contributed by atoms with Crippen LogP contribution in [0.5, 0.6) is 0 Å². The summed E-state index contributed by atoms with van der Waals surface area (Å²) < 4.78 is 4.97. The summed E-state index contributed by atoms with van der Waals surface area (Å²) in [5, 5.41) is 0. The van der Waals surface area contributed by atoms with Gasteiger partial charge in [0.1, 0.15) is 0 Å². The maximum atomic E-state index is 11.9. The van der Waals surface area contributed by atoms with Crippen molar-refractivity contribution in [3.05, 3.63) is 0 Å². The van der Waals surface area contributed by atoms with E-state index < -0.39 is 0 Å². The average molecular weight is 225 g/mol. The highest BCUT2D eigenvalue weighted by Crippen LogP contribution is 2.20. The Balaban J connectivity index is 1.83. The van der Waals surface area contributed by atoms with Crippen LogP contribution in [0.4, 0.5) is 0 Å². The van der Waals surface area contributed by atoms with Gasteiger partial charge in [0.15, 0.2) is 0 Å². The molecule has 2 fully saturated rings. The molecular weight excluding hydrogens is 206 g/mol. The van der Waals surface area contributed by atoms with Gasteiger partial charge in [-0.25, -0.2) is 0 Å². The van der Waals surface area contributed by atoms with Gasteiger partial charge in [-0.15, -0.1) is 0 Å². The molecule has 2 saturated heterocycles. The molecule has 0 radical (unpaired) electrons. The molecule has 0 saturated carbocycles. The van der Waals surface area contributed by atoms with Crippen LogP contribution in [0.1, 0.15) is 38.5 Å². The fourth-order valence-corrected chi connectivity index (χ4v) is 2.41. The third-order valence-corrected chi connectivity index (χ3v) is 3.40. The Morgan fingerprint density at radius 1 is 1.25 bits per heavy atom. The lowest BCUT2D eigenvalue weighted by Crippen LogP contribution is -2.38. The van der Waals surface area contributed by atoms with Gasteiger partial charge in [-0.3, -0.25) is 9.59 Å². The molecule has 0 bridgehead atoms. The van der Waals surface area contributed by atoms with Crippen LogP contribution in [0, 0.1) is 5.92 Å². The third-order valence-electron chi connectivity index (χ3n) is 3.40. The summed E-state index contributed by atoms with van der Waals surface area (Å²) in [6, 6.07) is 0. The fourth-order valence-electron chi connectivity index (χ4n) is 2.41. The second kappa shape index (κ2) is 5.32. The number of likely N-dealkylation sites (tertiary alicyclic amines) is 1. The van der Waals surface area contributed by atoms with Crippen molar-refractivity contribution in [3.63, 3.8) is 0 Å². The lowest BCUT2D eigenvalue weighted by molar-refractivity contribution is -0.155. The summed E-state index contributed by atoms with van der Waals surface area (Å²) >= 11 is 0. The quantitative estimate of drug-likeness (QED) is 0.666. The lowest BCUT2D eigenvalue weighted by Gasteiger charge is -2.29. The van der Waals surface area contributed by atoms with Crippen molar-refractivity contribution in [2.24, 2.45) is 5.92 Å². The first kappa shape index (κ1) is 11.4. The molecule has 4 heteroatoms. The van der Waals surface area contributed by atoms with E-state index >= 15 is 0 Å². The predicted molar refractivity (Wildman–Crippen MR) is 58.7 cm³/mol. The molecule has 1 atom stereocenters. The third kappa shape index (κ3) is 2.74. The summed E-state index contributed by atoms with van der Waals surface area (Å²) in [6.45, 7) is 2.24. The van der Waals surface area contributed by atoms with Crippen LogP contribution >= 0.6 is 0 Å². The van der Waals surface area contributed by atoms with Crippen LogP contribution in [-0.2, 0) is 14.3 Å². The Labute approximate surface area is 95.9 Å². The Hall–Kier alpha value is -1.06. The SMILES string of the molecule is O=C1OCCCC1CC(=O)N1CCCCC1. The second-order valence-electron chi connectivity index (χ2n) is 4.65. The zero-order valence-corrected chi connectivity index (χ0v) is 9.61. The fraction of sp³-hybridized carbons (Fsp3) is 0.833. The molecule has 90 valence electrons. The number of esters is 1. The number of piperidine rings is 1. The van der Waals surface area contributed by atoms with Crippen molar-refractivity contribution >= 4 is 11.9 Å². The van der Waals surface area contributed by atoms with Crippen molar-refractivity contribution < 1.29 is 14.3 Å². The van der Waals surface area contributed by atoms with E-state index in [4.69, 9.17) is 4.74 Å². The van der Waals surface area contributed by atoms with Crippen molar-refractivity contribution in [2.75, 3.05) is 19.7 Å². The van der Waals surface area contributed by atoms with Gasteiger partial charge < -0.3 is 9.64 Å². The minimum atomic E-state index is -0.192. The number of ether oxygens (including phenoxy) is 1. The molecule has 0 aromatic rings. The van der Waals surface area contributed by atoms with Gasteiger partial charge >= 0.3 is 5.97 Å². The van der Waals surface area contributed by atoms with Gasteiger partial charge in [-0.1, -0.05) is 0 Å². The minimum Gasteiger partial charge on any atom is -0.465 e. The average Bonchev–Trinajstić information content (AvgIpc) is 2.33. The maximum Gasteiger partial charge on any atom is 0.309 e. The number of carbonyl (C=O) groups is 2. The molecule has 4 nitrogen and oxygen atoms in total. The van der Waals surface area contributed by atoms with Crippen molar-refractivity contribution in [1.29, 1.82) is 0 Å². The molecule has 2 aliphatic rings. The van der Waals surface area contributed by atoms with Crippen LogP contribution in [0.3, 0.4) is 0 Å². The molecule has 0 N–H and O–H groups in total. The number of cyclic esters (lactones) is 1. The first-order valence-corrected chi connectivity index (χ1v) is 6.22. The van der Waals surface area contributed by atoms with Crippen LogP contribution in [0.2, 0.25) is 0 Å². The topological polar surface area (TPSA) is 46.6 Å². The summed E-state index contributed by atoms with van der Waals surface area (Å²) in [6.07, 6.45) is 5.46. The standard InChI is InChI=1S/C12H19NO3/c14-11(13-6-2-1-3-7-13)9-10-5-4-8-16-12(10)15/h10H,1-9H2. The molecular formula is C12H19NO3. The zero-order valence-electron chi connectivity index (χ0n) is 9.61. The van der Waals surface area contributed by atoms with Crippen LogP contribution in [0.15, 0.2) is 0 Å². The number of amides is 1. The summed E-state index contributed by atoms with van der Waals surface area (Å²) in [7, 11) is 0. The summed E-state index contributed by atoms with van der Waals surface area (Å²) in [5.74, 6) is -0.247. The van der Waals surface area contributed by atoms with Crippen LogP contribution < -0.4 is 0 Å². The second-order valence-corrected chi connectivity index (χ2v) is 4.65. The molecule has 0 spiro atoms. The summed E-state index contributed by atoms with van der Waals surface area (Å²) in [4.78, 5) is 25.2. The number of carbonyl (C=O) groups excluding carboxylic acids is 2. The van der Waals surface area contributed by atoms with Gasteiger partial charge in [-0.2, -0.15) is 0 Å². The molecule has 0 aliphatic carbocycles. The van der Waals surface area contributed by atoms with Gasteiger partial charge in [0.2, 0.25) is 5.91 Å². The monoisotopic (exact) mass is 225 g/mol. The first-order chi connectivity index (χ1) is 7.77. The highest BCUT2D eigenvalue weighted by atomic mass is 16.5. The van der Waals surface area contributed by atoms with E-state index in [1.54, 1.807) is 0 Å². The molecule has 16 heavy (non-hydrogen) atoms. The summed E-state index contributed by atoms with van der Waals surface area (Å²) in [5.41, 5.74) is 0. The number of hydrogen-bond donors (Lipinski definition) is 0. The largest absolute Gasteiger partial charge is 0.465 e. The highest BCUT2D eigenvalue weighted by molar-refractivity contribution is 5.83. The molecule has 0 aromatic carbocycles. The predicted octanol–water partition coefficient (Wildman–Crippen LogP) is 1.34. The Kier molecular flexibility index (Phi) is 3.80. The molecule has 2 heterocycles. The molecule has 1 amide bonds. The lowest BCUT2D eigenvalue weighted by atomic mass is 9.96. The van der Waals surface area contributed by atoms with E-state index in [1.165, 1.54) is 6.42 Å². The van der Waals surface area contributed by atoms with E-state index in [1.807, 2.05) is 4.90 Å². The van der Waals surface area contributed by atoms with Crippen molar-refractivity contribution in [1.82, 2.24) is 4.90 Å². The van der Waals surface area contributed by atoms with Crippen molar-refractivity contribution in [3.8, 4) is 0 Å². The van der Waals surface area contributed by atoms with Gasteiger partial charge in [-0.05, 0) is 32.1 Å². The van der Waals surface area contributed by atoms with Crippen LogP contribution in [-0.4, -0.2) is 36.5 Å². The van der Waals surface area contributed by atoms with E-state index in [0.717, 1.165) is 38.8 Å². The van der Waals surface area contributed by atoms with E-state index in [2.05, 4.69) is 0 Å². The van der Waals surface area contributed by atoms with E-state index in [9.17, 15) is 9.59 Å². The number of rotatable bonds is 2. The zero-order chi connectivity index (χ0) is 11.4. The van der Waals surface area contributed by atoms with Crippen LogP contribution in [0.25, 0.3) is 0 Å². The Morgan fingerprint density at radius 3 is 2.69 bits per heavy atom. The maximum absolute atomic E-state index is 11.9. The molecule has 1 unspecified atom stereocenters. The van der Waals surface area contributed by atoms with Crippen molar-refractivity contribution in [2.45, 2.75) is 38.5 Å². The number of hydrogen-bond acceptors (Lipinski definition) is 3. The van der Waals surface area contributed by atoms with E-state index in [-0.39, 0.29) is 17.8 Å². The minimum absolute atomic E-state index is 0.128. The number of nitrogens with zero attached hydrogens (tertiary/aromatic N) is 1. The highest BCUT2D eigenvalue weighted by Gasteiger charge is 2.28. The van der Waals surface area contributed by atoms with Gasteiger partial charge in [0.25, 0.3) is 0 Å². The Morgan fingerprint density at radius 2 is 2.00 bits per heavy atom. The smallest absolute Gasteiger partial charge is 0.309 e. The molecule has 2 rings (SSSR count). The van der Waals surface area contributed by atoms with Gasteiger partial charge in [0, 0.05) is 19.5 Å². The molecule has 2 aliphatic heterocycles. The molecule has 0 aromatic heterocycles. The first-order valence-electron chi connectivity index (χ1n) is 6.22. The Bertz CT molecular complexity index is 271. The van der Waals surface area contributed by atoms with Gasteiger partial charge in [0.05, 0.1) is 12.5 Å².